The van der Waals surface area contributed by atoms with Gasteiger partial charge >= 0.3 is 0 Å². The first-order valence-electron chi connectivity index (χ1n) is 8.69. The van der Waals surface area contributed by atoms with Crippen molar-refractivity contribution in [2.45, 2.75) is 52.1 Å². The molecule has 0 saturated heterocycles. The van der Waals surface area contributed by atoms with Crippen LogP contribution in [0.5, 0.6) is 0 Å². The Bertz CT molecular complexity index is 804. The average molecular weight is 327 g/mol. The fourth-order valence-corrected chi connectivity index (χ4v) is 3.58. The number of fused-ring (bicyclic) bond motifs is 1. The summed E-state index contributed by atoms with van der Waals surface area (Å²) < 4.78 is 1.31. The Labute approximate surface area is 142 Å². The van der Waals surface area contributed by atoms with Gasteiger partial charge in [-0.25, -0.2) is 4.68 Å². The van der Waals surface area contributed by atoms with Gasteiger partial charge in [0.05, 0.1) is 11.1 Å². The van der Waals surface area contributed by atoms with E-state index in [0.717, 1.165) is 42.7 Å². The highest BCUT2D eigenvalue weighted by molar-refractivity contribution is 5.83. The van der Waals surface area contributed by atoms with E-state index in [-0.39, 0.29) is 24.1 Å². The van der Waals surface area contributed by atoms with E-state index in [9.17, 15) is 9.59 Å². The quantitative estimate of drug-likeness (QED) is 0.871. The summed E-state index contributed by atoms with van der Waals surface area (Å²) in [6, 6.07) is 7.69. The molecule has 0 spiro atoms. The molecule has 0 N–H and O–H groups in total. The van der Waals surface area contributed by atoms with Crippen LogP contribution in [-0.2, 0) is 11.3 Å². The predicted octanol–water partition coefficient (Wildman–Crippen LogP) is 2.74. The molecule has 1 aromatic carbocycles. The monoisotopic (exact) mass is 327 g/mol. The first-order chi connectivity index (χ1) is 11.5. The topological polar surface area (TPSA) is 55.2 Å². The number of likely N-dealkylation sites (N-methyl/N-ethyl adjacent to an activating group) is 1. The fourth-order valence-electron chi connectivity index (χ4n) is 3.58. The van der Waals surface area contributed by atoms with Crippen molar-refractivity contribution < 1.29 is 4.79 Å². The lowest BCUT2D eigenvalue weighted by Gasteiger charge is -2.33. The van der Waals surface area contributed by atoms with E-state index in [4.69, 9.17) is 0 Å². The third-order valence-corrected chi connectivity index (χ3v) is 5.26. The number of benzene rings is 1. The van der Waals surface area contributed by atoms with Crippen LogP contribution in [0.3, 0.4) is 0 Å². The number of nitrogens with zero attached hydrogens (tertiary/aromatic N) is 3. The van der Waals surface area contributed by atoms with E-state index < -0.39 is 0 Å². The number of amides is 1. The second-order valence-electron chi connectivity index (χ2n) is 7.01. The van der Waals surface area contributed by atoms with Crippen LogP contribution >= 0.6 is 0 Å². The van der Waals surface area contributed by atoms with E-state index in [1.165, 1.54) is 4.68 Å². The van der Waals surface area contributed by atoms with Gasteiger partial charge in [-0.05, 0) is 44.6 Å². The Balaban J connectivity index is 1.80. The highest BCUT2D eigenvalue weighted by atomic mass is 16.2. The number of aryl methyl sites for hydroxylation is 1. The minimum atomic E-state index is -0.199. The van der Waals surface area contributed by atoms with Gasteiger partial charge in [-0.1, -0.05) is 25.1 Å². The maximum atomic E-state index is 12.6. The van der Waals surface area contributed by atoms with Crippen LogP contribution in [0.1, 0.15) is 38.3 Å². The summed E-state index contributed by atoms with van der Waals surface area (Å²) in [7, 11) is 1.85. The Morgan fingerprint density at radius 1 is 1.21 bits per heavy atom. The lowest BCUT2D eigenvalue weighted by molar-refractivity contribution is -0.133. The average Bonchev–Trinajstić information content (AvgIpc) is 2.59. The molecule has 3 rings (SSSR count). The van der Waals surface area contributed by atoms with Crippen molar-refractivity contribution >= 4 is 16.7 Å². The molecule has 1 aromatic heterocycles. The second kappa shape index (κ2) is 6.75. The Morgan fingerprint density at radius 2 is 1.83 bits per heavy atom. The van der Waals surface area contributed by atoms with Gasteiger partial charge in [0.15, 0.2) is 0 Å². The van der Waals surface area contributed by atoms with Crippen LogP contribution in [0.25, 0.3) is 10.8 Å². The van der Waals surface area contributed by atoms with Gasteiger partial charge in [-0.15, -0.1) is 0 Å². The van der Waals surface area contributed by atoms with Crippen molar-refractivity contribution in [3.05, 3.63) is 40.3 Å². The highest BCUT2D eigenvalue weighted by Crippen LogP contribution is 2.26. The van der Waals surface area contributed by atoms with Crippen molar-refractivity contribution in [2.75, 3.05) is 7.05 Å². The van der Waals surface area contributed by atoms with Gasteiger partial charge in [0.25, 0.3) is 5.56 Å². The number of aromatic nitrogens is 2. The van der Waals surface area contributed by atoms with Gasteiger partial charge in [0.2, 0.25) is 5.91 Å². The maximum Gasteiger partial charge on any atom is 0.275 e. The van der Waals surface area contributed by atoms with Crippen LogP contribution in [0.4, 0.5) is 0 Å². The molecule has 0 unspecified atom stereocenters. The molecule has 1 saturated carbocycles. The van der Waals surface area contributed by atoms with Gasteiger partial charge in [-0.3, -0.25) is 9.59 Å². The van der Waals surface area contributed by atoms with E-state index in [0.29, 0.717) is 5.39 Å². The molecule has 5 heteroatoms. The summed E-state index contributed by atoms with van der Waals surface area (Å²) >= 11 is 0. The fraction of sp³-hybridized carbons (Fsp3) is 0.526. The van der Waals surface area contributed by atoms with Crippen LogP contribution in [0.15, 0.2) is 29.1 Å². The molecule has 1 heterocycles. The van der Waals surface area contributed by atoms with Gasteiger partial charge in [0, 0.05) is 18.5 Å². The van der Waals surface area contributed by atoms with Crippen molar-refractivity contribution in [1.82, 2.24) is 14.7 Å². The zero-order valence-electron chi connectivity index (χ0n) is 14.7. The smallest absolute Gasteiger partial charge is 0.275 e. The molecule has 0 atom stereocenters. The lowest BCUT2D eigenvalue weighted by atomic mass is 9.87. The Hall–Kier alpha value is -2.17. The molecule has 0 bridgehead atoms. The summed E-state index contributed by atoms with van der Waals surface area (Å²) in [5, 5.41) is 5.80. The number of hydrogen-bond acceptors (Lipinski definition) is 3. The molecular formula is C19H25N3O2. The minimum absolute atomic E-state index is 0.00701. The van der Waals surface area contributed by atoms with E-state index in [2.05, 4.69) is 12.0 Å². The second-order valence-corrected chi connectivity index (χ2v) is 7.01. The summed E-state index contributed by atoms with van der Waals surface area (Å²) in [5.74, 6) is 0.705. The normalized spacial score (nSPS) is 21.0. The zero-order valence-corrected chi connectivity index (χ0v) is 14.7. The van der Waals surface area contributed by atoms with Crippen molar-refractivity contribution in [2.24, 2.45) is 5.92 Å². The standard InChI is InChI=1S/C19H25N3O2/c1-13-8-10-15(11-9-13)21(3)18(23)12-22-19(24)17-7-5-4-6-16(17)14(2)20-22/h4-7,13,15H,8-12H2,1-3H3. The molecule has 0 aliphatic heterocycles. The minimum Gasteiger partial charge on any atom is -0.341 e. The Kier molecular flexibility index (Phi) is 4.69. The first-order valence-corrected chi connectivity index (χ1v) is 8.69. The van der Waals surface area contributed by atoms with Crippen molar-refractivity contribution in [3.8, 4) is 0 Å². The van der Waals surface area contributed by atoms with E-state index >= 15 is 0 Å². The molecule has 5 nitrogen and oxygen atoms in total. The number of hydrogen-bond donors (Lipinski definition) is 0. The van der Waals surface area contributed by atoms with Gasteiger partial charge < -0.3 is 4.90 Å². The van der Waals surface area contributed by atoms with Crippen LogP contribution in [0, 0.1) is 12.8 Å². The van der Waals surface area contributed by atoms with Gasteiger partial charge in [0.1, 0.15) is 6.54 Å². The number of carbonyl (C=O) groups excluding carboxylic acids is 1. The van der Waals surface area contributed by atoms with E-state index in [1.807, 2.05) is 37.1 Å². The van der Waals surface area contributed by atoms with Crippen molar-refractivity contribution in [1.29, 1.82) is 0 Å². The summed E-state index contributed by atoms with van der Waals surface area (Å²) in [6.07, 6.45) is 4.41. The third-order valence-electron chi connectivity index (χ3n) is 5.26. The molecule has 1 aliphatic rings. The van der Waals surface area contributed by atoms with Crippen LogP contribution in [0.2, 0.25) is 0 Å². The van der Waals surface area contributed by atoms with Crippen LogP contribution < -0.4 is 5.56 Å². The first kappa shape index (κ1) is 16.7. The summed E-state index contributed by atoms with van der Waals surface area (Å²) in [6.45, 7) is 4.14. The summed E-state index contributed by atoms with van der Waals surface area (Å²) in [5.41, 5.74) is 0.572. The molecule has 24 heavy (non-hydrogen) atoms. The lowest BCUT2D eigenvalue weighted by Crippen LogP contribution is -2.42. The van der Waals surface area contributed by atoms with E-state index in [1.54, 1.807) is 6.07 Å². The molecule has 0 radical (unpaired) electrons. The SMILES string of the molecule is Cc1nn(CC(=O)N(C)C2CCC(C)CC2)c(=O)c2ccccc12. The highest BCUT2D eigenvalue weighted by Gasteiger charge is 2.25. The van der Waals surface area contributed by atoms with Crippen LogP contribution in [-0.4, -0.2) is 33.7 Å². The molecule has 1 fully saturated rings. The molecular weight excluding hydrogens is 302 g/mol. The Morgan fingerprint density at radius 3 is 2.50 bits per heavy atom. The molecule has 128 valence electrons. The van der Waals surface area contributed by atoms with Crippen molar-refractivity contribution in [3.63, 3.8) is 0 Å². The molecule has 2 aromatic rings. The number of rotatable bonds is 3. The third kappa shape index (κ3) is 3.21. The predicted molar refractivity (Wildman–Crippen MR) is 94.9 cm³/mol. The zero-order chi connectivity index (χ0) is 17.3. The maximum absolute atomic E-state index is 12.6. The summed E-state index contributed by atoms with van der Waals surface area (Å²) in [4.78, 5) is 27.0. The number of carbonyl (C=O) groups is 1. The molecule has 1 amide bonds. The van der Waals surface area contributed by atoms with Gasteiger partial charge in [-0.2, -0.15) is 5.10 Å². The largest absolute Gasteiger partial charge is 0.341 e. The molecule has 1 aliphatic carbocycles.